The highest BCUT2D eigenvalue weighted by Crippen LogP contribution is 2.51. The van der Waals surface area contributed by atoms with Crippen LogP contribution >= 0.6 is 34.0 Å². The molecular weight excluding hydrogens is 687 g/mol. The Morgan fingerprint density at radius 2 is 0.923 bits per heavy atom. The van der Waals surface area contributed by atoms with Gasteiger partial charge in [0, 0.05) is 61.5 Å². The fraction of sp³-hybridized carbons (Fsp3) is 0. The molecule has 3 aromatic heterocycles. The van der Waals surface area contributed by atoms with Crippen molar-refractivity contribution >= 4 is 112 Å². The SMILES string of the molecule is c1ccc(-c2ccc3sc4ccc(N(c5cccc6c5sc5c(-c7ccccc7)cccc56)c5cccc6sc7ccccc7c56)cc4c3c2)cc1. The Balaban J connectivity index is 1.20. The van der Waals surface area contributed by atoms with Gasteiger partial charge in [-0.3, -0.25) is 0 Å². The second-order valence-corrected chi connectivity index (χ2v) is 16.4. The highest BCUT2D eigenvalue weighted by atomic mass is 32.1. The van der Waals surface area contributed by atoms with E-state index in [1.54, 1.807) is 0 Å². The zero-order valence-corrected chi connectivity index (χ0v) is 30.4. The first-order chi connectivity index (χ1) is 25.8. The van der Waals surface area contributed by atoms with Crippen LogP contribution in [0.15, 0.2) is 176 Å². The number of nitrogens with zero attached hydrogens (tertiary/aromatic N) is 1. The maximum Gasteiger partial charge on any atom is 0.0640 e. The van der Waals surface area contributed by atoms with Gasteiger partial charge >= 0.3 is 0 Å². The standard InChI is InChI=1S/C48H29NS3/c1-3-12-30(13-4-1)32-24-26-43-38(28-32)39-29-33(25-27-44(39)50-43)49(40-20-11-23-45-46(40)37-16-7-8-22-42(37)51-45)41-21-10-19-36-35-18-9-17-34(47(35)52-48(36)41)31-14-5-2-6-15-31/h1-29H. The van der Waals surface area contributed by atoms with Crippen LogP contribution in [0.2, 0.25) is 0 Å². The van der Waals surface area contributed by atoms with Crippen LogP contribution < -0.4 is 4.90 Å². The minimum atomic E-state index is 1.16. The fourth-order valence-corrected chi connectivity index (χ4v) is 11.4. The summed E-state index contributed by atoms with van der Waals surface area (Å²) in [5.41, 5.74) is 8.57. The van der Waals surface area contributed by atoms with Crippen LogP contribution in [0.5, 0.6) is 0 Å². The number of anilines is 3. The lowest BCUT2D eigenvalue weighted by Gasteiger charge is -2.27. The van der Waals surface area contributed by atoms with Crippen molar-refractivity contribution in [3.05, 3.63) is 176 Å². The Bertz CT molecular complexity index is 3130. The summed E-state index contributed by atoms with van der Waals surface area (Å²) in [5.74, 6) is 0. The van der Waals surface area contributed by atoms with E-state index in [9.17, 15) is 0 Å². The molecule has 0 bridgehead atoms. The molecule has 0 atom stereocenters. The van der Waals surface area contributed by atoms with Crippen LogP contribution in [0, 0.1) is 0 Å². The molecular formula is C48H29NS3. The number of hydrogen-bond acceptors (Lipinski definition) is 4. The van der Waals surface area contributed by atoms with E-state index >= 15 is 0 Å². The molecule has 0 saturated heterocycles. The van der Waals surface area contributed by atoms with Gasteiger partial charge in [-0.05, 0) is 76.9 Å². The quantitative estimate of drug-likeness (QED) is 0.171. The third-order valence-corrected chi connectivity index (χ3v) is 13.8. The molecule has 0 aliphatic carbocycles. The molecule has 0 fully saturated rings. The summed E-state index contributed by atoms with van der Waals surface area (Å²) >= 11 is 5.66. The Morgan fingerprint density at radius 3 is 1.77 bits per heavy atom. The summed E-state index contributed by atoms with van der Waals surface area (Å²) in [6, 6.07) is 64.8. The normalized spacial score (nSPS) is 11.8. The lowest BCUT2D eigenvalue weighted by molar-refractivity contribution is 1.33. The number of fused-ring (bicyclic) bond motifs is 9. The topological polar surface area (TPSA) is 3.24 Å². The van der Waals surface area contributed by atoms with Crippen molar-refractivity contribution in [1.82, 2.24) is 0 Å². The molecule has 1 nitrogen and oxygen atoms in total. The largest absolute Gasteiger partial charge is 0.308 e. The lowest BCUT2D eigenvalue weighted by atomic mass is 10.0. The minimum Gasteiger partial charge on any atom is -0.308 e. The molecule has 0 saturated carbocycles. The van der Waals surface area contributed by atoms with Gasteiger partial charge in [-0.25, -0.2) is 0 Å². The van der Waals surface area contributed by atoms with E-state index in [1.165, 1.54) is 94.1 Å². The second kappa shape index (κ2) is 11.9. The van der Waals surface area contributed by atoms with Crippen LogP contribution in [0.4, 0.5) is 17.1 Å². The molecule has 0 N–H and O–H groups in total. The first-order valence-electron chi connectivity index (χ1n) is 17.5. The number of rotatable bonds is 5. The number of hydrogen-bond donors (Lipinski definition) is 0. The van der Waals surface area contributed by atoms with Gasteiger partial charge in [0.05, 0.1) is 16.1 Å². The van der Waals surface area contributed by atoms with Gasteiger partial charge in [0.15, 0.2) is 0 Å². The van der Waals surface area contributed by atoms with Crippen LogP contribution in [0.25, 0.3) is 82.8 Å². The van der Waals surface area contributed by atoms with Crippen molar-refractivity contribution in [3.63, 3.8) is 0 Å². The van der Waals surface area contributed by atoms with Gasteiger partial charge in [0.2, 0.25) is 0 Å². The Kier molecular flexibility index (Phi) is 6.84. The van der Waals surface area contributed by atoms with Gasteiger partial charge in [-0.1, -0.05) is 121 Å². The van der Waals surface area contributed by atoms with E-state index in [0.717, 1.165) is 5.69 Å². The van der Waals surface area contributed by atoms with Gasteiger partial charge < -0.3 is 4.90 Å². The van der Waals surface area contributed by atoms with Crippen molar-refractivity contribution in [1.29, 1.82) is 0 Å². The van der Waals surface area contributed by atoms with Gasteiger partial charge in [-0.15, -0.1) is 34.0 Å². The van der Waals surface area contributed by atoms with E-state index in [2.05, 4.69) is 181 Å². The Labute approximate surface area is 312 Å². The molecule has 52 heavy (non-hydrogen) atoms. The zero-order valence-electron chi connectivity index (χ0n) is 27.9. The summed E-state index contributed by atoms with van der Waals surface area (Å²) < 4.78 is 7.83. The zero-order chi connectivity index (χ0) is 34.2. The van der Waals surface area contributed by atoms with Crippen molar-refractivity contribution in [2.24, 2.45) is 0 Å². The third kappa shape index (κ3) is 4.65. The van der Waals surface area contributed by atoms with Crippen molar-refractivity contribution < 1.29 is 0 Å². The summed E-state index contributed by atoms with van der Waals surface area (Å²) in [6.07, 6.45) is 0. The van der Waals surface area contributed by atoms with E-state index in [-0.39, 0.29) is 0 Å². The van der Waals surface area contributed by atoms with Gasteiger partial charge in [-0.2, -0.15) is 0 Å². The molecule has 0 spiro atoms. The van der Waals surface area contributed by atoms with Crippen LogP contribution in [0.3, 0.4) is 0 Å². The predicted molar refractivity (Wildman–Crippen MR) is 231 cm³/mol. The van der Waals surface area contributed by atoms with Gasteiger partial charge in [0.1, 0.15) is 0 Å². The van der Waals surface area contributed by atoms with Crippen LogP contribution in [-0.4, -0.2) is 0 Å². The van der Waals surface area contributed by atoms with Crippen molar-refractivity contribution in [2.75, 3.05) is 4.90 Å². The smallest absolute Gasteiger partial charge is 0.0640 e. The minimum absolute atomic E-state index is 1.16. The molecule has 0 amide bonds. The molecule has 0 radical (unpaired) electrons. The maximum atomic E-state index is 2.53. The average Bonchev–Trinajstić information content (AvgIpc) is 3.90. The maximum absolute atomic E-state index is 2.53. The molecule has 4 heteroatoms. The highest BCUT2D eigenvalue weighted by Gasteiger charge is 2.23. The second-order valence-electron chi connectivity index (χ2n) is 13.2. The lowest BCUT2D eigenvalue weighted by Crippen LogP contribution is -2.10. The first-order valence-corrected chi connectivity index (χ1v) is 20.0. The Morgan fingerprint density at radius 1 is 0.327 bits per heavy atom. The van der Waals surface area contributed by atoms with E-state index in [1.807, 2.05) is 34.0 Å². The van der Waals surface area contributed by atoms with Crippen LogP contribution in [-0.2, 0) is 0 Å². The summed E-state index contributed by atoms with van der Waals surface area (Å²) in [6.45, 7) is 0. The number of thiophene rings is 3. The van der Waals surface area contributed by atoms with Crippen molar-refractivity contribution in [3.8, 4) is 22.3 Å². The molecule has 0 aliphatic rings. The van der Waals surface area contributed by atoms with Crippen LogP contribution in [0.1, 0.15) is 0 Å². The van der Waals surface area contributed by atoms with E-state index in [4.69, 9.17) is 0 Å². The van der Waals surface area contributed by atoms with E-state index in [0.29, 0.717) is 0 Å². The molecule has 0 aliphatic heterocycles. The Hall–Kier alpha value is -5.78. The highest BCUT2D eigenvalue weighted by molar-refractivity contribution is 7.27. The van der Waals surface area contributed by atoms with Gasteiger partial charge in [0.25, 0.3) is 0 Å². The number of benzene rings is 8. The first kappa shape index (κ1) is 29.9. The molecule has 3 heterocycles. The molecule has 244 valence electrons. The predicted octanol–water partition coefficient (Wildman–Crippen LogP) is 15.6. The van der Waals surface area contributed by atoms with E-state index < -0.39 is 0 Å². The van der Waals surface area contributed by atoms with Crippen molar-refractivity contribution in [2.45, 2.75) is 0 Å². The summed E-state index contributed by atoms with van der Waals surface area (Å²) in [7, 11) is 0. The third-order valence-electron chi connectivity index (χ3n) is 10.3. The summed E-state index contributed by atoms with van der Waals surface area (Å²) in [4.78, 5) is 2.53. The summed E-state index contributed by atoms with van der Waals surface area (Å²) in [5, 5.41) is 7.78. The fourth-order valence-electron chi connectivity index (χ4n) is 7.89. The molecule has 0 unspecified atom stereocenters. The molecule has 8 aromatic carbocycles. The average molecular weight is 716 g/mol. The molecule has 11 aromatic rings. The molecule has 11 rings (SSSR count). The monoisotopic (exact) mass is 715 g/mol.